The van der Waals surface area contributed by atoms with E-state index in [1.54, 1.807) is 0 Å². The van der Waals surface area contributed by atoms with Gasteiger partial charge in [0.15, 0.2) is 0 Å². The molecule has 2 atom stereocenters. The van der Waals surface area contributed by atoms with E-state index in [1.165, 1.54) is 12.8 Å². The third kappa shape index (κ3) is 2.98. The molecule has 3 rings (SSSR count). The van der Waals surface area contributed by atoms with E-state index in [9.17, 15) is 4.79 Å². The van der Waals surface area contributed by atoms with Crippen LogP contribution in [0.3, 0.4) is 0 Å². The number of aryl methyl sites for hydroxylation is 1. The molecule has 0 radical (unpaired) electrons. The van der Waals surface area contributed by atoms with Gasteiger partial charge in [0.05, 0.1) is 23.3 Å². The molecule has 0 spiro atoms. The zero-order valence-corrected chi connectivity index (χ0v) is 13.3. The molecule has 1 saturated carbocycles. The van der Waals surface area contributed by atoms with Gasteiger partial charge in [0.2, 0.25) is 5.91 Å². The first-order valence-corrected chi connectivity index (χ1v) is 7.86. The first kappa shape index (κ1) is 14.6. The Morgan fingerprint density at radius 3 is 2.71 bits per heavy atom. The van der Waals surface area contributed by atoms with Crippen molar-refractivity contribution in [1.82, 2.24) is 9.78 Å². The maximum atomic E-state index is 12.6. The molecule has 1 aliphatic heterocycles. The van der Waals surface area contributed by atoms with Crippen LogP contribution in [0.5, 0.6) is 0 Å². The van der Waals surface area contributed by atoms with Gasteiger partial charge in [-0.2, -0.15) is 5.10 Å². The van der Waals surface area contributed by atoms with Crippen molar-refractivity contribution in [3.8, 4) is 0 Å². The Kier molecular flexibility index (Phi) is 3.56. The predicted molar refractivity (Wildman–Crippen MR) is 81.2 cm³/mol. The predicted octanol–water partition coefficient (Wildman–Crippen LogP) is 2.70. The summed E-state index contributed by atoms with van der Waals surface area (Å²) in [6, 6.07) is 1.94. The van der Waals surface area contributed by atoms with Crippen LogP contribution in [-0.4, -0.2) is 28.4 Å². The molecule has 2 heterocycles. The lowest BCUT2D eigenvalue weighted by Crippen LogP contribution is -2.33. The van der Waals surface area contributed by atoms with E-state index in [0.29, 0.717) is 12.5 Å². The highest BCUT2D eigenvalue weighted by Gasteiger charge is 2.44. The second-order valence-electron chi connectivity index (χ2n) is 7.31. The molecule has 1 amide bonds. The van der Waals surface area contributed by atoms with Gasteiger partial charge in [-0.1, -0.05) is 0 Å². The third-order valence-electron chi connectivity index (χ3n) is 4.28. The molecule has 1 N–H and O–H groups in total. The minimum absolute atomic E-state index is 0.0128. The maximum absolute atomic E-state index is 12.6. The summed E-state index contributed by atoms with van der Waals surface area (Å²) in [5, 5.41) is 7.57. The minimum atomic E-state index is -0.154. The fraction of sp³-hybridized carbons (Fsp3) is 0.750. The standard InChI is InChI=1S/C16H25N3O2/c1-10-9-13(19(18-10)16(2,3)4)17-15(20)12-7-8-21-14(12)11-5-6-11/h9,11-12,14H,5-8H2,1-4H3,(H,17,20)/t12-,14+/m1/s1. The fourth-order valence-corrected chi connectivity index (χ4v) is 3.10. The molecule has 0 bridgehead atoms. The topological polar surface area (TPSA) is 56.1 Å². The summed E-state index contributed by atoms with van der Waals surface area (Å²) in [7, 11) is 0. The van der Waals surface area contributed by atoms with Crippen molar-refractivity contribution in [3.05, 3.63) is 11.8 Å². The Labute approximate surface area is 126 Å². The Morgan fingerprint density at radius 1 is 1.38 bits per heavy atom. The van der Waals surface area contributed by atoms with Crippen LogP contribution in [0.1, 0.15) is 45.7 Å². The molecule has 0 aromatic carbocycles. The molecule has 2 fully saturated rings. The molecule has 1 aromatic rings. The maximum Gasteiger partial charge on any atom is 0.231 e. The van der Waals surface area contributed by atoms with Crippen LogP contribution in [0.4, 0.5) is 5.82 Å². The van der Waals surface area contributed by atoms with E-state index >= 15 is 0 Å². The average molecular weight is 291 g/mol. The molecule has 1 aromatic heterocycles. The number of anilines is 1. The van der Waals surface area contributed by atoms with Crippen LogP contribution in [0.15, 0.2) is 6.07 Å². The number of aromatic nitrogens is 2. The molecule has 21 heavy (non-hydrogen) atoms. The highest BCUT2D eigenvalue weighted by atomic mass is 16.5. The van der Waals surface area contributed by atoms with E-state index in [2.05, 4.69) is 31.2 Å². The first-order chi connectivity index (χ1) is 9.86. The molecule has 116 valence electrons. The molecule has 0 unspecified atom stereocenters. The fourth-order valence-electron chi connectivity index (χ4n) is 3.10. The zero-order chi connectivity index (χ0) is 15.2. The summed E-state index contributed by atoms with van der Waals surface area (Å²) in [5.41, 5.74) is 0.764. The second kappa shape index (κ2) is 5.13. The van der Waals surface area contributed by atoms with Gasteiger partial charge in [0, 0.05) is 12.7 Å². The van der Waals surface area contributed by atoms with E-state index in [-0.39, 0.29) is 23.5 Å². The number of nitrogens with one attached hydrogen (secondary N) is 1. The number of rotatable bonds is 3. The van der Waals surface area contributed by atoms with Crippen LogP contribution in [0.25, 0.3) is 0 Å². The van der Waals surface area contributed by atoms with Crippen molar-refractivity contribution >= 4 is 11.7 Å². The molecular weight excluding hydrogens is 266 g/mol. The average Bonchev–Trinajstić information content (AvgIpc) is 2.97. The summed E-state index contributed by atoms with van der Waals surface area (Å²) in [5.74, 6) is 1.44. The van der Waals surface area contributed by atoms with Crippen molar-refractivity contribution < 1.29 is 9.53 Å². The van der Waals surface area contributed by atoms with E-state index in [0.717, 1.165) is 17.9 Å². The SMILES string of the molecule is Cc1cc(NC(=O)[C@@H]2CCO[C@H]2C2CC2)n(C(C)(C)C)n1. The monoisotopic (exact) mass is 291 g/mol. The Hall–Kier alpha value is -1.36. The smallest absolute Gasteiger partial charge is 0.231 e. The lowest BCUT2D eigenvalue weighted by Gasteiger charge is -2.24. The van der Waals surface area contributed by atoms with Crippen molar-refractivity contribution in [2.24, 2.45) is 11.8 Å². The largest absolute Gasteiger partial charge is 0.377 e. The van der Waals surface area contributed by atoms with Gasteiger partial charge < -0.3 is 10.1 Å². The van der Waals surface area contributed by atoms with Crippen LogP contribution in [0.2, 0.25) is 0 Å². The Bertz CT molecular complexity index is 540. The third-order valence-corrected chi connectivity index (χ3v) is 4.28. The summed E-state index contributed by atoms with van der Waals surface area (Å²) in [6.07, 6.45) is 3.36. The van der Waals surface area contributed by atoms with E-state index in [4.69, 9.17) is 4.74 Å². The highest BCUT2D eigenvalue weighted by Crippen LogP contribution is 2.41. The summed E-state index contributed by atoms with van der Waals surface area (Å²) in [4.78, 5) is 12.6. The van der Waals surface area contributed by atoms with Gasteiger partial charge in [-0.15, -0.1) is 0 Å². The second-order valence-corrected chi connectivity index (χ2v) is 7.31. The zero-order valence-electron chi connectivity index (χ0n) is 13.3. The van der Waals surface area contributed by atoms with E-state index < -0.39 is 0 Å². The minimum Gasteiger partial charge on any atom is -0.377 e. The molecule has 1 aliphatic carbocycles. The lowest BCUT2D eigenvalue weighted by molar-refractivity contribution is -0.121. The van der Waals surface area contributed by atoms with Crippen LogP contribution in [-0.2, 0) is 15.1 Å². The summed E-state index contributed by atoms with van der Waals surface area (Å²) < 4.78 is 7.66. The summed E-state index contributed by atoms with van der Waals surface area (Å²) >= 11 is 0. The van der Waals surface area contributed by atoms with Crippen LogP contribution in [0, 0.1) is 18.8 Å². The Balaban J connectivity index is 1.75. The molecular formula is C16H25N3O2. The summed E-state index contributed by atoms with van der Waals surface area (Å²) in [6.45, 7) is 8.91. The van der Waals surface area contributed by atoms with Gasteiger partial charge in [-0.3, -0.25) is 4.79 Å². The van der Waals surface area contributed by atoms with Gasteiger partial charge >= 0.3 is 0 Å². The van der Waals surface area contributed by atoms with Gasteiger partial charge in [0.25, 0.3) is 0 Å². The number of carbonyl (C=O) groups is 1. The van der Waals surface area contributed by atoms with E-state index in [1.807, 2.05) is 17.7 Å². The molecule has 1 saturated heterocycles. The van der Waals surface area contributed by atoms with Crippen molar-refractivity contribution in [1.29, 1.82) is 0 Å². The highest BCUT2D eigenvalue weighted by molar-refractivity contribution is 5.92. The number of hydrogen-bond acceptors (Lipinski definition) is 3. The Morgan fingerprint density at radius 2 is 2.10 bits per heavy atom. The normalized spacial score (nSPS) is 26.1. The molecule has 2 aliphatic rings. The van der Waals surface area contributed by atoms with Crippen molar-refractivity contribution in [2.75, 3.05) is 11.9 Å². The van der Waals surface area contributed by atoms with Crippen molar-refractivity contribution in [2.45, 2.75) is 58.6 Å². The quantitative estimate of drug-likeness (QED) is 0.931. The number of amides is 1. The number of hydrogen-bond donors (Lipinski definition) is 1. The number of ether oxygens (including phenoxy) is 1. The number of nitrogens with zero attached hydrogens (tertiary/aromatic N) is 2. The lowest BCUT2D eigenvalue weighted by atomic mass is 9.97. The van der Waals surface area contributed by atoms with Gasteiger partial charge in [0.1, 0.15) is 5.82 Å². The molecule has 5 nitrogen and oxygen atoms in total. The molecule has 5 heteroatoms. The number of carbonyl (C=O) groups excluding carboxylic acids is 1. The van der Waals surface area contributed by atoms with Gasteiger partial charge in [-0.25, -0.2) is 4.68 Å². The van der Waals surface area contributed by atoms with Crippen LogP contribution >= 0.6 is 0 Å². The van der Waals surface area contributed by atoms with Crippen LogP contribution < -0.4 is 5.32 Å². The van der Waals surface area contributed by atoms with Gasteiger partial charge in [-0.05, 0) is 52.9 Å². The first-order valence-electron chi connectivity index (χ1n) is 7.86. The van der Waals surface area contributed by atoms with Crippen molar-refractivity contribution in [3.63, 3.8) is 0 Å².